The molecular weight excluding hydrogens is 236 g/mol. The van der Waals surface area contributed by atoms with Crippen molar-refractivity contribution < 1.29 is 19.5 Å². The Hall–Kier alpha value is -2.03. The van der Waals surface area contributed by atoms with E-state index in [1.165, 1.54) is 6.20 Å². The van der Waals surface area contributed by atoms with Crippen molar-refractivity contribution >= 4 is 29.5 Å². The minimum atomic E-state index is -1.15. The summed E-state index contributed by atoms with van der Waals surface area (Å²) in [5.74, 6) is -2.26. The fourth-order valence-corrected chi connectivity index (χ4v) is 1.16. The van der Waals surface area contributed by atoms with Gasteiger partial charge in [0.25, 0.3) is 5.91 Å². The molecule has 0 aliphatic carbocycles. The second kappa shape index (κ2) is 5.75. The Morgan fingerprint density at radius 1 is 1.31 bits per heavy atom. The third-order valence-electron chi connectivity index (χ3n) is 1.44. The van der Waals surface area contributed by atoms with E-state index < -0.39 is 24.3 Å². The topological polar surface area (TPSA) is 121 Å². The smallest absolute Gasteiger partial charge is 0.322 e. The van der Waals surface area contributed by atoms with Gasteiger partial charge in [0.15, 0.2) is 5.69 Å². The van der Waals surface area contributed by atoms with Crippen LogP contribution in [0.15, 0.2) is 6.20 Å². The second-order valence-electron chi connectivity index (χ2n) is 2.65. The van der Waals surface area contributed by atoms with Crippen molar-refractivity contribution in [3.63, 3.8) is 0 Å². The van der Waals surface area contributed by atoms with Crippen molar-refractivity contribution in [2.75, 3.05) is 13.1 Å². The number of carbonyl (C=O) groups excluding carboxylic acids is 2. The maximum Gasteiger partial charge on any atom is 0.322 e. The average Bonchev–Trinajstić information content (AvgIpc) is 2.76. The quantitative estimate of drug-likeness (QED) is 0.577. The maximum atomic E-state index is 11.2. The molecule has 0 saturated heterocycles. The lowest BCUT2D eigenvalue weighted by Crippen LogP contribution is -2.39. The number of aliphatic carboxylic acids is 1. The van der Waals surface area contributed by atoms with Crippen molar-refractivity contribution in [1.29, 1.82) is 0 Å². The lowest BCUT2D eigenvalue weighted by molar-refractivity contribution is -0.137. The zero-order valence-electron chi connectivity index (χ0n) is 7.97. The molecule has 0 atom stereocenters. The van der Waals surface area contributed by atoms with Crippen molar-refractivity contribution in [3.05, 3.63) is 11.9 Å². The van der Waals surface area contributed by atoms with Gasteiger partial charge in [0.1, 0.15) is 6.54 Å². The Morgan fingerprint density at radius 3 is 2.62 bits per heavy atom. The average molecular weight is 244 g/mol. The van der Waals surface area contributed by atoms with E-state index in [0.717, 1.165) is 11.7 Å². The lowest BCUT2D eigenvalue weighted by Gasteiger charge is -2.02. The van der Waals surface area contributed by atoms with E-state index in [9.17, 15) is 14.4 Å². The largest absolute Gasteiger partial charge is 0.480 e. The Morgan fingerprint density at radius 2 is 2.06 bits per heavy atom. The van der Waals surface area contributed by atoms with E-state index in [-0.39, 0.29) is 12.2 Å². The summed E-state index contributed by atoms with van der Waals surface area (Å²) in [6, 6.07) is 0. The first-order valence-corrected chi connectivity index (χ1v) is 4.87. The van der Waals surface area contributed by atoms with Crippen LogP contribution in [0.2, 0.25) is 0 Å². The van der Waals surface area contributed by atoms with Crippen LogP contribution in [0.4, 0.5) is 0 Å². The first-order valence-electron chi connectivity index (χ1n) is 4.14. The number of nitrogens with one attached hydrogen (secondary N) is 2. The van der Waals surface area contributed by atoms with Gasteiger partial charge >= 0.3 is 5.97 Å². The van der Waals surface area contributed by atoms with Gasteiger partial charge in [0.2, 0.25) is 5.91 Å². The molecule has 0 aliphatic heterocycles. The zero-order valence-corrected chi connectivity index (χ0v) is 8.78. The van der Waals surface area contributed by atoms with Crippen molar-refractivity contribution in [2.45, 2.75) is 0 Å². The molecular formula is C7H8N4O4S. The van der Waals surface area contributed by atoms with Gasteiger partial charge in [-0.05, 0) is 0 Å². The summed E-state index contributed by atoms with van der Waals surface area (Å²) >= 11 is 0.877. The van der Waals surface area contributed by atoms with E-state index in [2.05, 4.69) is 19.4 Å². The third-order valence-corrected chi connectivity index (χ3v) is 1.92. The molecule has 0 fully saturated rings. The number of rotatable bonds is 5. The zero-order chi connectivity index (χ0) is 12.0. The van der Waals surface area contributed by atoms with Crippen LogP contribution in [0.5, 0.6) is 0 Å². The van der Waals surface area contributed by atoms with Crippen LogP contribution in [0, 0.1) is 0 Å². The molecule has 2 amide bonds. The number of nitrogens with zero attached hydrogens (tertiary/aromatic N) is 2. The van der Waals surface area contributed by atoms with Gasteiger partial charge < -0.3 is 15.7 Å². The molecule has 16 heavy (non-hydrogen) atoms. The van der Waals surface area contributed by atoms with Gasteiger partial charge in [-0.2, -0.15) is 8.75 Å². The summed E-state index contributed by atoms with van der Waals surface area (Å²) < 4.78 is 7.28. The van der Waals surface area contributed by atoms with Crippen molar-refractivity contribution in [2.24, 2.45) is 0 Å². The van der Waals surface area contributed by atoms with Gasteiger partial charge in [-0.1, -0.05) is 0 Å². The van der Waals surface area contributed by atoms with Gasteiger partial charge in [-0.25, -0.2) is 0 Å². The van der Waals surface area contributed by atoms with Gasteiger partial charge in [-0.3, -0.25) is 14.4 Å². The minimum absolute atomic E-state index is 0.121. The molecule has 0 bridgehead atoms. The first-order chi connectivity index (χ1) is 7.59. The molecule has 1 rings (SSSR count). The molecule has 9 heteroatoms. The third kappa shape index (κ3) is 4.00. The molecule has 0 spiro atoms. The standard InChI is InChI=1S/C7H8N4O4S/c12-5(8-3-6(13)14)2-9-7(15)4-1-10-16-11-4/h1H,2-3H2,(H,8,12)(H,9,15)(H,13,14). The molecule has 3 N–H and O–H groups in total. The molecule has 0 unspecified atom stereocenters. The summed E-state index contributed by atoms with van der Waals surface area (Å²) in [5.41, 5.74) is 0.121. The summed E-state index contributed by atoms with van der Waals surface area (Å²) in [6.07, 6.45) is 1.27. The SMILES string of the molecule is O=C(O)CNC(=O)CNC(=O)c1cnsn1. The van der Waals surface area contributed by atoms with Crippen LogP contribution in [0.1, 0.15) is 10.5 Å². The predicted octanol–water partition coefficient (Wildman–Crippen LogP) is -1.53. The van der Waals surface area contributed by atoms with Crippen LogP contribution in [-0.4, -0.2) is 44.7 Å². The Kier molecular flexibility index (Phi) is 4.33. The Balaban J connectivity index is 2.27. The second-order valence-corrected chi connectivity index (χ2v) is 3.20. The van der Waals surface area contributed by atoms with Gasteiger partial charge in [-0.15, -0.1) is 0 Å². The normalized spacial score (nSPS) is 9.50. The summed E-state index contributed by atoms with van der Waals surface area (Å²) in [5, 5.41) is 12.6. The van der Waals surface area contributed by atoms with Crippen molar-refractivity contribution in [3.8, 4) is 0 Å². The molecule has 0 aliphatic rings. The Labute approximate surface area is 94.0 Å². The molecule has 1 aromatic heterocycles. The molecule has 0 aromatic carbocycles. The fraction of sp³-hybridized carbons (Fsp3) is 0.286. The van der Waals surface area contributed by atoms with E-state index in [0.29, 0.717) is 0 Å². The van der Waals surface area contributed by atoms with Crippen molar-refractivity contribution in [1.82, 2.24) is 19.4 Å². The molecule has 0 radical (unpaired) electrons. The molecule has 8 nitrogen and oxygen atoms in total. The minimum Gasteiger partial charge on any atom is -0.480 e. The van der Waals surface area contributed by atoms with E-state index >= 15 is 0 Å². The van der Waals surface area contributed by atoms with Crippen LogP contribution >= 0.6 is 11.7 Å². The van der Waals surface area contributed by atoms with Crippen LogP contribution in [0.3, 0.4) is 0 Å². The van der Waals surface area contributed by atoms with E-state index in [4.69, 9.17) is 5.11 Å². The van der Waals surface area contributed by atoms with Crippen LogP contribution in [0.25, 0.3) is 0 Å². The highest BCUT2D eigenvalue weighted by atomic mass is 32.1. The van der Waals surface area contributed by atoms with E-state index in [1.807, 2.05) is 0 Å². The number of hydrogen-bond donors (Lipinski definition) is 3. The first kappa shape index (κ1) is 12.0. The monoisotopic (exact) mass is 244 g/mol. The fourth-order valence-electron chi connectivity index (χ4n) is 0.753. The molecule has 86 valence electrons. The van der Waals surface area contributed by atoms with Crippen LogP contribution < -0.4 is 10.6 Å². The lowest BCUT2D eigenvalue weighted by atomic mass is 10.4. The van der Waals surface area contributed by atoms with Gasteiger partial charge in [0.05, 0.1) is 24.5 Å². The highest BCUT2D eigenvalue weighted by Gasteiger charge is 2.10. The summed E-state index contributed by atoms with van der Waals surface area (Å²) in [6.45, 7) is -0.781. The number of carbonyl (C=O) groups is 3. The van der Waals surface area contributed by atoms with Crippen LogP contribution in [-0.2, 0) is 9.59 Å². The molecule has 1 aromatic rings. The summed E-state index contributed by atoms with van der Waals surface area (Å²) in [4.78, 5) is 32.4. The number of amides is 2. The maximum absolute atomic E-state index is 11.2. The number of carboxylic acids is 1. The Bertz CT molecular complexity index is 391. The summed E-state index contributed by atoms with van der Waals surface area (Å²) in [7, 11) is 0. The highest BCUT2D eigenvalue weighted by Crippen LogP contribution is 1.93. The molecule has 1 heterocycles. The van der Waals surface area contributed by atoms with E-state index in [1.54, 1.807) is 0 Å². The number of carboxylic acid groups (broad SMARTS) is 1. The predicted molar refractivity (Wildman–Crippen MR) is 52.9 cm³/mol. The number of aromatic nitrogens is 2. The molecule has 0 saturated carbocycles. The van der Waals surface area contributed by atoms with Gasteiger partial charge in [0, 0.05) is 0 Å². The highest BCUT2D eigenvalue weighted by molar-refractivity contribution is 6.99. The number of hydrogen-bond acceptors (Lipinski definition) is 6.